The number of esters is 6. The zero-order valence-corrected chi connectivity index (χ0v) is 26.0. The van der Waals surface area contributed by atoms with E-state index in [4.69, 9.17) is 33.2 Å². The Bertz CT molecular complexity index is 1350. The number of carbonyl (C=O) groups is 6. The van der Waals surface area contributed by atoms with Crippen LogP contribution in [0.2, 0.25) is 0 Å². The minimum atomic E-state index is -2.12. The molecule has 2 saturated heterocycles. The standard InChI is InChI=1S/C30H38O14/c1-13-12-20-30(29(9,44-30)26(36)43-20)25(42-18(6)35)23-27(7,11-10-19(28(23,8)37)38-14(2)31)24(41-17(5)34)22(40-16(4)33)21(13)39-15(3)32/h10-12,19-25,37H,1-9H3/b13-12+/t19-,20+,21+,22+,23-,24+,25-,27+,28-,29+,30+/m1/s1. The third kappa shape index (κ3) is 5.17. The molecule has 0 radical (unpaired) electrons. The van der Waals surface area contributed by atoms with E-state index in [0.29, 0.717) is 0 Å². The molecule has 4 aliphatic rings. The normalized spacial score (nSPS) is 43.4. The first kappa shape index (κ1) is 33.1. The van der Waals surface area contributed by atoms with Crippen molar-refractivity contribution in [2.24, 2.45) is 11.3 Å². The number of epoxide rings is 1. The van der Waals surface area contributed by atoms with Crippen LogP contribution in [-0.2, 0) is 61.9 Å². The van der Waals surface area contributed by atoms with Gasteiger partial charge in [-0.2, -0.15) is 0 Å². The van der Waals surface area contributed by atoms with Crippen LogP contribution in [0.3, 0.4) is 0 Å². The summed E-state index contributed by atoms with van der Waals surface area (Å²) in [6, 6.07) is 0. The Kier molecular flexibility index (Phi) is 8.27. The lowest BCUT2D eigenvalue weighted by atomic mass is 9.55. The first-order valence-corrected chi connectivity index (χ1v) is 14.1. The van der Waals surface area contributed by atoms with E-state index in [9.17, 15) is 33.9 Å². The molecule has 4 rings (SSSR count). The number of hydrogen-bond acceptors (Lipinski definition) is 14. The van der Waals surface area contributed by atoms with Gasteiger partial charge in [-0.1, -0.05) is 13.0 Å². The van der Waals surface area contributed by atoms with Crippen LogP contribution >= 0.6 is 0 Å². The Morgan fingerprint density at radius 3 is 1.82 bits per heavy atom. The Morgan fingerprint density at radius 2 is 1.32 bits per heavy atom. The number of carbonyl (C=O) groups excluding carboxylic acids is 6. The number of rotatable bonds is 5. The molecular weight excluding hydrogens is 584 g/mol. The van der Waals surface area contributed by atoms with Gasteiger partial charge in [0.25, 0.3) is 0 Å². The van der Waals surface area contributed by atoms with Crippen molar-refractivity contribution in [1.29, 1.82) is 0 Å². The van der Waals surface area contributed by atoms with E-state index in [-0.39, 0.29) is 5.57 Å². The van der Waals surface area contributed by atoms with E-state index < -0.39 is 101 Å². The molecule has 0 aromatic carbocycles. The first-order valence-electron chi connectivity index (χ1n) is 14.1. The van der Waals surface area contributed by atoms with Crippen molar-refractivity contribution in [3.63, 3.8) is 0 Å². The number of hydrogen-bond donors (Lipinski definition) is 1. The summed E-state index contributed by atoms with van der Waals surface area (Å²) >= 11 is 0. The SMILES string of the molecule is CC(=O)O[C@H]1[C@@H](OC(C)=O)/C(C)=C/[C@@H]2OC(=O)[C@]3(C)O[C@]23[C@H](OC(C)=O)[C@H]2[C@](C)(O)[C@H](OC(C)=O)C=C[C@]2(C)[C@H]1OC(C)=O. The second kappa shape index (κ2) is 11.0. The van der Waals surface area contributed by atoms with E-state index in [1.54, 1.807) is 6.92 Å². The van der Waals surface area contributed by atoms with E-state index in [1.807, 2.05) is 0 Å². The highest BCUT2D eigenvalue weighted by Gasteiger charge is 2.88. The van der Waals surface area contributed by atoms with Crippen LogP contribution in [0.25, 0.3) is 0 Å². The zero-order chi connectivity index (χ0) is 33.2. The average molecular weight is 623 g/mol. The average Bonchev–Trinajstić information content (AvgIpc) is 3.46. The third-order valence-electron chi connectivity index (χ3n) is 8.90. The predicted molar refractivity (Wildman–Crippen MR) is 145 cm³/mol. The third-order valence-corrected chi connectivity index (χ3v) is 8.90. The summed E-state index contributed by atoms with van der Waals surface area (Å²) in [6.07, 6.45) is -4.30. The van der Waals surface area contributed by atoms with Gasteiger partial charge in [-0.3, -0.25) is 24.0 Å². The molecule has 14 nitrogen and oxygen atoms in total. The van der Waals surface area contributed by atoms with Crippen LogP contribution in [0.4, 0.5) is 0 Å². The monoisotopic (exact) mass is 622 g/mol. The van der Waals surface area contributed by atoms with Crippen molar-refractivity contribution in [3.05, 3.63) is 23.8 Å². The molecule has 2 heterocycles. The lowest BCUT2D eigenvalue weighted by Crippen LogP contribution is -2.69. The molecule has 1 spiro atoms. The summed E-state index contributed by atoms with van der Waals surface area (Å²) < 4.78 is 40.4. The van der Waals surface area contributed by atoms with Crippen LogP contribution in [0.1, 0.15) is 62.3 Å². The van der Waals surface area contributed by atoms with E-state index >= 15 is 0 Å². The fourth-order valence-corrected chi connectivity index (χ4v) is 7.16. The second-order valence-electron chi connectivity index (χ2n) is 12.3. The molecule has 2 fully saturated rings. The van der Waals surface area contributed by atoms with E-state index in [1.165, 1.54) is 39.0 Å². The minimum Gasteiger partial charge on any atom is -0.459 e. The zero-order valence-electron chi connectivity index (χ0n) is 26.0. The van der Waals surface area contributed by atoms with Crippen LogP contribution in [0.5, 0.6) is 0 Å². The van der Waals surface area contributed by atoms with Gasteiger partial charge in [-0.15, -0.1) is 0 Å². The van der Waals surface area contributed by atoms with Crippen molar-refractivity contribution >= 4 is 35.8 Å². The van der Waals surface area contributed by atoms with E-state index in [0.717, 1.165) is 34.6 Å². The molecule has 0 unspecified atom stereocenters. The number of ether oxygens (including phenoxy) is 7. The minimum absolute atomic E-state index is 0.230. The van der Waals surface area contributed by atoms with Crippen molar-refractivity contribution in [1.82, 2.24) is 0 Å². The van der Waals surface area contributed by atoms with Gasteiger partial charge in [-0.25, -0.2) is 4.79 Å². The summed E-state index contributed by atoms with van der Waals surface area (Å²) in [5, 5.41) is 12.3. The van der Waals surface area contributed by atoms with Gasteiger partial charge in [0.2, 0.25) is 0 Å². The molecule has 0 amide bonds. The van der Waals surface area contributed by atoms with Crippen LogP contribution in [0, 0.1) is 11.3 Å². The second-order valence-corrected chi connectivity index (χ2v) is 12.3. The summed E-state index contributed by atoms with van der Waals surface area (Å²) in [4.78, 5) is 75.7. The maximum atomic E-state index is 13.2. The topological polar surface area (TPSA) is 191 Å². The van der Waals surface area contributed by atoms with Crippen LogP contribution < -0.4 is 0 Å². The van der Waals surface area contributed by atoms with Gasteiger partial charge in [0, 0.05) is 46.0 Å². The Balaban J connectivity index is 2.14. The quantitative estimate of drug-likeness (QED) is 0.198. The van der Waals surface area contributed by atoms with Crippen LogP contribution in [-0.4, -0.2) is 94.3 Å². The van der Waals surface area contributed by atoms with E-state index in [2.05, 4.69) is 0 Å². The molecule has 14 heteroatoms. The summed E-state index contributed by atoms with van der Waals surface area (Å²) in [5.41, 5.74) is -6.96. The Morgan fingerprint density at radius 1 is 0.795 bits per heavy atom. The van der Waals surface area contributed by atoms with Gasteiger partial charge in [0.05, 0.1) is 0 Å². The Hall–Kier alpha value is -3.78. The predicted octanol–water partition coefficient (Wildman–Crippen LogP) is 1.00. The molecule has 0 bridgehead atoms. The molecule has 2 aliphatic heterocycles. The molecule has 1 N–H and O–H groups in total. The summed E-state index contributed by atoms with van der Waals surface area (Å²) in [6.45, 7) is 11.5. The summed E-state index contributed by atoms with van der Waals surface area (Å²) in [7, 11) is 0. The van der Waals surface area contributed by atoms with Gasteiger partial charge in [0.1, 0.15) is 17.8 Å². The molecule has 11 atom stereocenters. The summed E-state index contributed by atoms with van der Waals surface area (Å²) in [5.74, 6) is -6.17. The van der Waals surface area contributed by atoms with Gasteiger partial charge >= 0.3 is 35.8 Å². The highest BCUT2D eigenvalue weighted by Crippen LogP contribution is 2.65. The fourth-order valence-electron chi connectivity index (χ4n) is 7.16. The molecule has 242 valence electrons. The van der Waals surface area contributed by atoms with Gasteiger partial charge < -0.3 is 38.3 Å². The molecular formula is C30H38O14. The van der Waals surface area contributed by atoms with Crippen molar-refractivity contribution in [3.8, 4) is 0 Å². The Labute approximate surface area is 253 Å². The lowest BCUT2D eigenvalue weighted by Gasteiger charge is -2.56. The number of aliphatic hydroxyl groups is 1. The molecule has 44 heavy (non-hydrogen) atoms. The van der Waals surface area contributed by atoms with Crippen molar-refractivity contribution < 1.29 is 67.0 Å². The fraction of sp³-hybridized carbons (Fsp3) is 0.667. The highest BCUT2D eigenvalue weighted by molar-refractivity contribution is 5.89. The maximum absolute atomic E-state index is 13.2. The smallest absolute Gasteiger partial charge is 0.342 e. The molecule has 0 aromatic rings. The molecule has 0 aromatic heterocycles. The molecule has 0 saturated carbocycles. The maximum Gasteiger partial charge on any atom is 0.342 e. The molecule has 2 aliphatic carbocycles. The van der Waals surface area contributed by atoms with Gasteiger partial charge in [-0.05, 0) is 38.5 Å². The first-order chi connectivity index (χ1) is 20.2. The van der Waals surface area contributed by atoms with Crippen LogP contribution in [0.15, 0.2) is 23.8 Å². The van der Waals surface area contributed by atoms with Gasteiger partial charge in [0.15, 0.2) is 35.6 Å². The lowest BCUT2D eigenvalue weighted by molar-refractivity contribution is -0.233. The largest absolute Gasteiger partial charge is 0.459 e. The highest BCUT2D eigenvalue weighted by atomic mass is 16.7. The van der Waals surface area contributed by atoms with Crippen molar-refractivity contribution in [2.75, 3.05) is 0 Å². The number of fused-ring (bicyclic) bond motifs is 1. The van der Waals surface area contributed by atoms with Crippen molar-refractivity contribution in [2.45, 2.75) is 116 Å².